The number of hydrogen-bond donors (Lipinski definition) is 2. The summed E-state index contributed by atoms with van der Waals surface area (Å²) in [5.74, 6) is -2.76. The zero-order valence-electron chi connectivity index (χ0n) is 12.1. The molecule has 1 aliphatic rings. The van der Waals surface area contributed by atoms with Crippen molar-refractivity contribution in [2.45, 2.75) is 29.8 Å². The summed E-state index contributed by atoms with van der Waals surface area (Å²) in [5, 5.41) is 7.07. The lowest BCUT2D eigenvalue weighted by Gasteiger charge is -2.31. The Morgan fingerprint density at radius 2 is 1.96 bits per heavy atom. The van der Waals surface area contributed by atoms with E-state index in [1.54, 1.807) is 12.1 Å². The average molecular weight is 373 g/mol. The van der Waals surface area contributed by atoms with Crippen LogP contribution < -0.4 is 5.73 Å². The van der Waals surface area contributed by atoms with Gasteiger partial charge in [-0.05, 0) is 18.6 Å². The van der Waals surface area contributed by atoms with Gasteiger partial charge in [0.1, 0.15) is 6.17 Å². The summed E-state index contributed by atoms with van der Waals surface area (Å²) in [4.78, 5) is 12.7. The van der Waals surface area contributed by atoms with Crippen molar-refractivity contribution < 1.29 is 35.9 Å². The van der Waals surface area contributed by atoms with Crippen LogP contribution in [0.3, 0.4) is 0 Å². The van der Waals surface area contributed by atoms with E-state index in [4.69, 9.17) is 15.6 Å². The molecular weight excluding hydrogens is 358 g/mol. The molecule has 0 bridgehead atoms. The van der Waals surface area contributed by atoms with Crippen molar-refractivity contribution in [3.63, 3.8) is 0 Å². The highest BCUT2D eigenvalue weighted by atomic mass is 32.2. The van der Waals surface area contributed by atoms with Crippen molar-refractivity contribution in [3.05, 3.63) is 24.4 Å². The van der Waals surface area contributed by atoms with Crippen molar-refractivity contribution in [3.8, 4) is 0 Å². The Labute approximate surface area is 135 Å². The standard InChI is InChI=1S/C10H14FN3O2S.C2HF3O2/c11-8-7-14(6-4-9(8)12)17(15,16)10-3-1-2-5-13-10;3-2(4,5)1(6)7/h1-3,5,8-9H,4,6-7,12H2;(H,6,7)/t8-,9+;/m1./s1. The molecule has 1 aromatic heterocycles. The summed E-state index contributed by atoms with van der Waals surface area (Å²) < 4.78 is 70.4. The maximum absolute atomic E-state index is 13.4. The molecule has 2 atom stereocenters. The minimum atomic E-state index is -5.08. The monoisotopic (exact) mass is 373 g/mol. The number of alkyl halides is 4. The van der Waals surface area contributed by atoms with Gasteiger partial charge in [0.25, 0.3) is 10.0 Å². The van der Waals surface area contributed by atoms with Crippen LogP contribution in [-0.2, 0) is 14.8 Å². The minimum absolute atomic E-state index is 0.0531. The van der Waals surface area contributed by atoms with Gasteiger partial charge in [0, 0.05) is 25.3 Å². The number of aromatic nitrogens is 1. The van der Waals surface area contributed by atoms with E-state index in [0.29, 0.717) is 6.42 Å². The number of carbonyl (C=O) groups is 1. The SMILES string of the molecule is N[C@H]1CCN(S(=O)(=O)c2ccccn2)C[C@H]1F.O=C(O)C(F)(F)F. The van der Waals surface area contributed by atoms with Crippen molar-refractivity contribution in [2.24, 2.45) is 5.73 Å². The zero-order valence-corrected chi connectivity index (χ0v) is 13.0. The lowest BCUT2D eigenvalue weighted by atomic mass is 10.1. The van der Waals surface area contributed by atoms with Gasteiger partial charge >= 0.3 is 12.1 Å². The second kappa shape index (κ2) is 7.85. The number of carboxylic acids is 1. The Balaban J connectivity index is 0.000000351. The molecule has 1 aromatic rings. The second-order valence-corrected chi connectivity index (χ2v) is 6.69. The summed E-state index contributed by atoms with van der Waals surface area (Å²) >= 11 is 0. The highest BCUT2D eigenvalue weighted by molar-refractivity contribution is 7.89. The molecule has 1 saturated heterocycles. The fourth-order valence-corrected chi connectivity index (χ4v) is 3.14. The van der Waals surface area contributed by atoms with Crippen molar-refractivity contribution in [1.82, 2.24) is 9.29 Å². The molecule has 0 aromatic carbocycles. The third-order valence-electron chi connectivity index (χ3n) is 3.04. The first-order valence-corrected chi connectivity index (χ1v) is 8.01. The van der Waals surface area contributed by atoms with Gasteiger partial charge in [0.15, 0.2) is 5.03 Å². The van der Waals surface area contributed by atoms with E-state index in [1.165, 1.54) is 12.3 Å². The number of piperidine rings is 1. The van der Waals surface area contributed by atoms with E-state index in [0.717, 1.165) is 4.31 Å². The van der Waals surface area contributed by atoms with Crippen LogP contribution in [0.15, 0.2) is 29.4 Å². The third kappa shape index (κ3) is 5.39. The maximum Gasteiger partial charge on any atom is 0.490 e. The van der Waals surface area contributed by atoms with Gasteiger partial charge in [-0.1, -0.05) is 6.07 Å². The summed E-state index contributed by atoms with van der Waals surface area (Å²) in [6.07, 6.45) is -4.68. The van der Waals surface area contributed by atoms with Gasteiger partial charge in [0.05, 0.1) is 0 Å². The molecule has 24 heavy (non-hydrogen) atoms. The van der Waals surface area contributed by atoms with Crippen LogP contribution >= 0.6 is 0 Å². The van der Waals surface area contributed by atoms with Crippen molar-refractivity contribution in [2.75, 3.05) is 13.1 Å². The summed E-state index contributed by atoms with van der Waals surface area (Å²) in [6.45, 7) is 0.0422. The number of halogens is 4. The normalized spacial score (nSPS) is 22.4. The van der Waals surface area contributed by atoms with Crippen molar-refractivity contribution in [1.29, 1.82) is 0 Å². The van der Waals surface area contributed by atoms with E-state index in [9.17, 15) is 26.0 Å². The number of rotatable bonds is 2. The largest absolute Gasteiger partial charge is 0.490 e. The summed E-state index contributed by atoms with van der Waals surface area (Å²) in [5.41, 5.74) is 5.51. The van der Waals surface area contributed by atoms with E-state index in [-0.39, 0.29) is 18.1 Å². The number of carboxylic acid groups (broad SMARTS) is 1. The maximum atomic E-state index is 13.4. The zero-order chi connectivity index (χ0) is 18.5. The fourth-order valence-electron chi connectivity index (χ4n) is 1.75. The van der Waals surface area contributed by atoms with Crippen LogP contribution in [0, 0.1) is 0 Å². The van der Waals surface area contributed by atoms with Crippen LogP contribution in [0.5, 0.6) is 0 Å². The number of hydrogen-bond acceptors (Lipinski definition) is 5. The molecule has 0 aliphatic carbocycles. The first kappa shape index (κ1) is 20.3. The van der Waals surface area contributed by atoms with Gasteiger partial charge in [-0.15, -0.1) is 0 Å². The van der Waals surface area contributed by atoms with Crippen molar-refractivity contribution >= 4 is 16.0 Å². The van der Waals surface area contributed by atoms with E-state index in [2.05, 4.69) is 4.98 Å². The van der Waals surface area contributed by atoms with Gasteiger partial charge in [-0.25, -0.2) is 22.6 Å². The van der Waals surface area contributed by atoms with Crippen LogP contribution in [0.2, 0.25) is 0 Å². The lowest BCUT2D eigenvalue weighted by molar-refractivity contribution is -0.192. The molecule has 0 radical (unpaired) electrons. The lowest BCUT2D eigenvalue weighted by Crippen LogP contribution is -2.50. The molecule has 12 heteroatoms. The Hall–Kier alpha value is -1.79. The number of aliphatic carboxylic acids is 1. The number of sulfonamides is 1. The van der Waals surface area contributed by atoms with E-state index >= 15 is 0 Å². The summed E-state index contributed by atoms with van der Waals surface area (Å²) in [7, 11) is -3.69. The molecule has 2 rings (SSSR count). The fraction of sp³-hybridized carbons (Fsp3) is 0.500. The van der Waals surface area contributed by atoms with Crippen LogP contribution in [0.4, 0.5) is 17.6 Å². The second-order valence-electron chi connectivity index (χ2n) is 4.80. The number of pyridine rings is 1. The molecule has 1 fully saturated rings. The van der Waals surface area contributed by atoms with Gasteiger partial charge in [0.2, 0.25) is 0 Å². The average Bonchev–Trinajstić information content (AvgIpc) is 2.50. The topological polar surface area (TPSA) is 114 Å². The smallest absolute Gasteiger partial charge is 0.475 e. The Kier molecular flexibility index (Phi) is 6.63. The molecule has 1 aliphatic heterocycles. The van der Waals surface area contributed by atoms with Crippen LogP contribution in [0.1, 0.15) is 6.42 Å². The first-order chi connectivity index (χ1) is 11.0. The van der Waals surface area contributed by atoms with Crippen LogP contribution in [-0.4, -0.2) is 60.3 Å². The number of nitrogens with two attached hydrogens (primary N) is 1. The number of nitrogens with zero attached hydrogens (tertiary/aromatic N) is 2. The Bertz CT molecular complexity index is 654. The van der Waals surface area contributed by atoms with E-state index in [1.807, 2.05) is 0 Å². The van der Waals surface area contributed by atoms with Gasteiger partial charge < -0.3 is 10.8 Å². The predicted octanol–water partition coefficient (Wildman–Crippen LogP) is 0.775. The molecule has 3 N–H and O–H groups in total. The molecule has 0 saturated carbocycles. The molecule has 0 unspecified atom stereocenters. The molecule has 7 nitrogen and oxygen atoms in total. The van der Waals surface area contributed by atoms with Gasteiger partial charge in [-0.2, -0.15) is 17.5 Å². The molecular formula is C12H15F4N3O4S. The molecule has 136 valence electrons. The predicted molar refractivity (Wildman–Crippen MR) is 74.2 cm³/mol. The molecule has 0 spiro atoms. The highest BCUT2D eigenvalue weighted by Crippen LogP contribution is 2.20. The third-order valence-corrected chi connectivity index (χ3v) is 4.82. The Morgan fingerprint density at radius 1 is 1.38 bits per heavy atom. The Morgan fingerprint density at radius 3 is 2.38 bits per heavy atom. The quantitative estimate of drug-likeness (QED) is 0.741. The summed E-state index contributed by atoms with van der Waals surface area (Å²) in [6, 6.07) is 4.04. The molecule has 2 heterocycles. The van der Waals surface area contributed by atoms with Crippen LogP contribution in [0.25, 0.3) is 0 Å². The minimum Gasteiger partial charge on any atom is -0.475 e. The molecule has 0 amide bonds. The highest BCUT2D eigenvalue weighted by Gasteiger charge is 2.38. The first-order valence-electron chi connectivity index (χ1n) is 6.57. The van der Waals surface area contributed by atoms with E-state index < -0.39 is 34.4 Å². The van der Waals surface area contributed by atoms with Gasteiger partial charge in [-0.3, -0.25) is 0 Å².